The van der Waals surface area contributed by atoms with E-state index in [-0.39, 0.29) is 29.6 Å². The molecule has 1 aromatic carbocycles. The summed E-state index contributed by atoms with van der Waals surface area (Å²) in [7, 11) is 0. The van der Waals surface area contributed by atoms with Gasteiger partial charge in [0.2, 0.25) is 11.8 Å². The van der Waals surface area contributed by atoms with E-state index in [4.69, 9.17) is 0 Å². The molecule has 0 aliphatic carbocycles. The summed E-state index contributed by atoms with van der Waals surface area (Å²) < 4.78 is 0. The van der Waals surface area contributed by atoms with Crippen molar-refractivity contribution in [1.29, 1.82) is 0 Å². The Balaban J connectivity index is 2.01. The quantitative estimate of drug-likeness (QED) is 0.685. The molecular formula is C24H37N3O3. The van der Waals surface area contributed by atoms with Gasteiger partial charge in [-0.3, -0.25) is 14.4 Å². The highest BCUT2D eigenvalue weighted by molar-refractivity contribution is 5.94. The summed E-state index contributed by atoms with van der Waals surface area (Å²) in [4.78, 5) is 39.8. The average molecular weight is 416 g/mol. The van der Waals surface area contributed by atoms with Crippen LogP contribution < -0.4 is 10.6 Å². The molecule has 0 unspecified atom stereocenters. The maximum atomic E-state index is 12.8. The summed E-state index contributed by atoms with van der Waals surface area (Å²) in [6.45, 7) is 11.8. The van der Waals surface area contributed by atoms with Crippen LogP contribution in [-0.4, -0.2) is 48.3 Å². The van der Waals surface area contributed by atoms with Gasteiger partial charge in [-0.2, -0.15) is 0 Å². The lowest BCUT2D eigenvalue weighted by Gasteiger charge is -2.36. The summed E-state index contributed by atoms with van der Waals surface area (Å²) in [5.74, 6) is 0.415. The molecule has 2 N–H and O–H groups in total. The van der Waals surface area contributed by atoms with Gasteiger partial charge in [0, 0.05) is 31.6 Å². The molecule has 0 saturated carbocycles. The van der Waals surface area contributed by atoms with Crippen LogP contribution >= 0.6 is 0 Å². The Morgan fingerprint density at radius 3 is 2.13 bits per heavy atom. The normalized spacial score (nSPS) is 15.9. The van der Waals surface area contributed by atoms with Crippen molar-refractivity contribution in [1.82, 2.24) is 15.5 Å². The molecule has 0 bridgehead atoms. The Labute approximate surface area is 180 Å². The van der Waals surface area contributed by atoms with E-state index < -0.39 is 6.04 Å². The van der Waals surface area contributed by atoms with Crippen molar-refractivity contribution in [3.63, 3.8) is 0 Å². The minimum atomic E-state index is -0.549. The highest BCUT2D eigenvalue weighted by Crippen LogP contribution is 2.23. The van der Waals surface area contributed by atoms with Crippen LogP contribution in [0.4, 0.5) is 0 Å². The number of nitrogens with zero attached hydrogens (tertiary/aromatic N) is 1. The second-order valence-corrected chi connectivity index (χ2v) is 9.28. The van der Waals surface area contributed by atoms with Crippen LogP contribution in [0.2, 0.25) is 0 Å². The van der Waals surface area contributed by atoms with Crippen LogP contribution in [0.15, 0.2) is 24.3 Å². The number of carbonyl (C=O) groups excluding carboxylic acids is 3. The molecule has 0 radical (unpaired) electrons. The van der Waals surface area contributed by atoms with Gasteiger partial charge in [0.25, 0.3) is 5.91 Å². The van der Waals surface area contributed by atoms with Crippen LogP contribution in [0.25, 0.3) is 0 Å². The van der Waals surface area contributed by atoms with E-state index >= 15 is 0 Å². The first-order chi connectivity index (χ1) is 14.2. The molecule has 1 aromatic rings. The second-order valence-electron chi connectivity index (χ2n) is 9.28. The van der Waals surface area contributed by atoms with E-state index in [0.717, 1.165) is 5.56 Å². The summed E-state index contributed by atoms with van der Waals surface area (Å²) >= 11 is 0. The highest BCUT2D eigenvalue weighted by atomic mass is 16.2. The van der Waals surface area contributed by atoms with Crippen LogP contribution in [0.5, 0.6) is 0 Å². The van der Waals surface area contributed by atoms with Crippen molar-refractivity contribution in [2.75, 3.05) is 19.6 Å². The predicted octanol–water partition coefficient (Wildman–Crippen LogP) is 3.15. The Bertz CT molecular complexity index is 720. The maximum absolute atomic E-state index is 12.8. The molecule has 1 fully saturated rings. The van der Waals surface area contributed by atoms with Crippen molar-refractivity contribution < 1.29 is 14.4 Å². The smallest absolute Gasteiger partial charge is 0.253 e. The van der Waals surface area contributed by atoms with Gasteiger partial charge in [-0.05, 0) is 49.7 Å². The van der Waals surface area contributed by atoms with Gasteiger partial charge in [-0.25, -0.2) is 0 Å². The standard InChI is InChI=1S/C24H37N3O3/c1-16(2)14-21(28)26-22(23(29)25-15-17(3)4)19-10-12-27(13-11-19)24(30)20-8-6-18(5)7-9-20/h6-9,16-17,19,22H,10-15H2,1-5H3,(H,25,29)(H,26,28)/t22-/m0/s1. The Morgan fingerprint density at radius 1 is 1.00 bits per heavy atom. The van der Waals surface area contributed by atoms with Gasteiger partial charge in [0.05, 0.1) is 0 Å². The number of piperidine rings is 1. The summed E-state index contributed by atoms with van der Waals surface area (Å²) in [6, 6.07) is 7.06. The zero-order valence-electron chi connectivity index (χ0n) is 19.0. The molecule has 3 amide bonds. The molecule has 0 aromatic heterocycles. The molecule has 1 aliphatic heterocycles. The first-order valence-electron chi connectivity index (χ1n) is 11.1. The van der Waals surface area contributed by atoms with Gasteiger partial charge in [-0.1, -0.05) is 45.4 Å². The zero-order valence-corrected chi connectivity index (χ0v) is 19.0. The number of amides is 3. The van der Waals surface area contributed by atoms with Gasteiger partial charge >= 0.3 is 0 Å². The van der Waals surface area contributed by atoms with Gasteiger partial charge in [0.15, 0.2) is 0 Å². The van der Waals surface area contributed by atoms with E-state index in [0.29, 0.717) is 50.4 Å². The van der Waals surface area contributed by atoms with Crippen molar-refractivity contribution in [3.8, 4) is 0 Å². The molecule has 2 rings (SSSR count). The average Bonchev–Trinajstić information content (AvgIpc) is 2.70. The SMILES string of the molecule is Cc1ccc(C(=O)N2CCC([C@H](NC(=O)CC(C)C)C(=O)NCC(C)C)CC2)cc1. The van der Waals surface area contributed by atoms with E-state index in [2.05, 4.69) is 10.6 Å². The number of hydrogen-bond donors (Lipinski definition) is 2. The fraction of sp³-hybridized carbons (Fsp3) is 0.625. The molecule has 30 heavy (non-hydrogen) atoms. The number of hydrogen-bond acceptors (Lipinski definition) is 3. The minimum Gasteiger partial charge on any atom is -0.354 e. The molecule has 166 valence electrons. The van der Waals surface area contributed by atoms with E-state index in [1.807, 2.05) is 63.8 Å². The molecule has 6 heteroatoms. The summed E-state index contributed by atoms with van der Waals surface area (Å²) in [5, 5.41) is 5.94. The van der Waals surface area contributed by atoms with Gasteiger partial charge in [-0.15, -0.1) is 0 Å². The summed E-state index contributed by atoms with van der Waals surface area (Å²) in [6.07, 6.45) is 1.79. The number of benzene rings is 1. The third kappa shape index (κ3) is 7.15. The minimum absolute atomic E-state index is 0.0235. The fourth-order valence-electron chi connectivity index (χ4n) is 3.73. The Hall–Kier alpha value is -2.37. The third-order valence-corrected chi connectivity index (χ3v) is 5.47. The largest absolute Gasteiger partial charge is 0.354 e. The lowest BCUT2D eigenvalue weighted by Crippen LogP contribution is -2.54. The van der Waals surface area contributed by atoms with Crippen LogP contribution in [-0.2, 0) is 9.59 Å². The number of nitrogens with one attached hydrogen (secondary N) is 2. The number of aryl methyl sites for hydroxylation is 1. The lowest BCUT2D eigenvalue weighted by atomic mass is 9.88. The molecule has 1 saturated heterocycles. The Morgan fingerprint density at radius 2 is 1.60 bits per heavy atom. The Kier molecular flexibility index (Phi) is 8.88. The number of likely N-dealkylation sites (tertiary alicyclic amines) is 1. The molecule has 0 spiro atoms. The fourth-order valence-corrected chi connectivity index (χ4v) is 3.73. The van der Waals surface area contributed by atoms with Crippen LogP contribution in [0, 0.1) is 24.7 Å². The van der Waals surface area contributed by atoms with Crippen molar-refractivity contribution >= 4 is 17.7 Å². The molecule has 1 atom stereocenters. The topological polar surface area (TPSA) is 78.5 Å². The van der Waals surface area contributed by atoms with Crippen LogP contribution in [0.1, 0.15) is 62.9 Å². The zero-order chi connectivity index (χ0) is 22.3. The van der Waals surface area contributed by atoms with Gasteiger partial charge in [0.1, 0.15) is 6.04 Å². The van der Waals surface area contributed by atoms with Crippen LogP contribution in [0.3, 0.4) is 0 Å². The number of carbonyl (C=O) groups is 3. The molecular weight excluding hydrogens is 378 g/mol. The maximum Gasteiger partial charge on any atom is 0.253 e. The third-order valence-electron chi connectivity index (χ3n) is 5.47. The number of rotatable bonds is 8. The van der Waals surface area contributed by atoms with E-state index in [1.54, 1.807) is 0 Å². The first kappa shape index (κ1) is 23.9. The lowest BCUT2D eigenvalue weighted by molar-refractivity contribution is -0.131. The molecule has 1 heterocycles. The van der Waals surface area contributed by atoms with Gasteiger partial charge < -0.3 is 15.5 Å². The highest BCUT2D eigenvalue weighted by Gasteiger charge is 2.34. The van der Waals surface area contributed by atoms with E-state index in [9.17, 15) is 14.4 Å². The second kappa shape index (κ2) is 11.1. The molecule has 1 aliphatic rings. The van der Waals surface area contributed by atoms with Crippen molar-refractivity contribution in [2.24, 2.45) is 17.8 Å². The predicted molar refractivity (Wildman–Crippen MR) is 119 cm³/mol. The van der Waals surface area contributed by atoms with E-state index in [1.165, 1.54) is 0 Å². The monoisotopic (exact) mass is 415 g/mol. The molecule has 6 nitrogen and oxygen atoms in total. The van der Waals surface area contributed by atoms with Crippen molar-refractivity contribution in [3.05, 3.63) is 35.4 Å². The summed E-state index contributed by atoms with van der Waals surface area (Å²) in [5.41, 5.74) is 1.81. The van der Waals surface area contributed by atoms with Crippen molar-refractivity contribution in [2.45, 2.75) is 59.9 Å². The first-order valence-corrected chi connectivity index (χ1v) is 11.1.